The molecule has 2 N–H and O–H groups in total. The molecular formula is C16H18N2S. The van der Waals surface area contributed by atoms with Crippen molar-refractivity contribution in [2.24, 2.45) is 0 Å². The van der Waals surface area contributed by atoms with Gasteiger partial charge in [0.2, 0.25) is 0 Å². The van der Waals surface area contributed by atoms with Crippen LogP contribution in [0.5, 0.6) is 0 Å². The molecule has 0 saturated heterocycles. The molecule has 0 bridgehead atoms. The summed E-state index contributed by atoms with van der Waals surface area (Å²) in [4.78, 5) is 4.20. The van der Waals surface area contributed by atoms with Crippen molar-refractivity contribution >= 4 is 17.0 Å². The van der Waals surface area contributed by atoms with Crippen LogP contribution in [0, 0.1) is 0 Å². The van der Waals surface area contributed by atoms with E-state index in [2.05, 4.69) is 28.5 Å². The third kappa shape index (κ3) is 1.80. The number of benzene rings is 1. The van der Waals surface area contributed by atoms with Crippen LogP contribution in [-0.4, -0.2) is 4.90 Å². The molecule has 2 aliphatic rings. The average Bonchev–Trinajstić information content (AvgIpc) is 3.05. The topological polar surface area (TPSA) is 29.3 Å². The van der Waals surface area contributed by atoms with E-state index in [1.807, 2.05) is 17.4 Å². The molecule has 2 aromatic rings. The second-order valence-electron chi connectivity index (χ2n) is 5.60. The van der Waals surface area contributed by atoms with E-state index in [1.165, 1.54) is 30.4 Å². The number of anilines is 1. The summed E-state index contributed by atoms with van der Waals surface area (Å²) in [6.07, 6.45) is 3.88. The van der Waals surface area contributed by atoms with Crippen molar-refractivity contribution in [1.82, 2.24) is 4.90 Å². The van der Waals surface area contributed by atoms with Gasteiger partial charge in [-0.2, -0.15) is 0 Å². The van der Waals surface area contributed by atoms with Crippen LogP contribution < -0.4 is 5.73 Å². The van der Waals surface area contributed by atoms with Gasteiger partial charge in [0.1, 0.15) is 0 Å². The predicted octanol–water partition coefficient (Wildman–Crippen LogP) is 3.72. The fourth-order valence-electron chi connectivity index (χ4n) is 3.54. The zero-order chi connectivity index (χ0) is 12.8. The van der Waals surface area contributed by atoms with Crippen LogP contribution in [0.15, 0.2) is 29.6 Å². The monoisotopic (exact) mass is 270 g/mol. The number of rotatable bonds is 1. The van der Waals surface area contributed by atoms with Crippen LogP contribution in [0.3, 0.4) is 0 Å². The molecule has 1 aliphatic carbocycles. The average molecular weight is 270 g/mol. The molecule has 2 nitrogen and oxygen atoms in total. The van der Waals surface area contributed by atoms with Crippen molar-refractivity contribution in [3.63, 3.8) is 0 Å². The highest BCUT2D eigenvalue weighted by atomic mass is 32.1. The SMILES string of the molecule is Nc1cccc2c1CN(C1CCCc3sccc31)C2. The highest BCUT2D eigenvalue weighted by Gasteiger charge is 2.31. The summed E-state index contributed by atoms with van der Waals surface area (Å²) in [5.74, 6) is 0. The van der Waals surface area contributed by atoms with E-state index < -0.39 is 0 Å². The molecule has 0 saturated carbocycles. The van der Waals surface area contributed by atoms with Crippen LogP contribution in [0.2, 0.25) is 0 Å². The first-order valence-corrected chi connectivity index (χ1v) is 7.87. The number of nitrogens with zero attached hydrogens (tertiary/aromatic N) is 1. The summed E-state index contributed by atoms with van der Waals surface area (Å²) in [6, 6.07) is 9.26. The minimum absolute atomic E-state index is 0.599. The standard InChI is InChI=1S/C16H18N2S/c17-14-4-1-3-11-9-18(10-13(11)14)15-5-2-6-16-12(15)7-8-19-16/h1,3-4,7-8,15H,2,5-6,9-10,17H2. The lowest BCUT2D eigenvalue weighted by atomic mass is 9.93. The smallest absolute Gasteiger partial charge is 0.0366 e. The van der Waals surface area contributed by atoms with Gasteiger partial charge in [0.15, 0.2) is 0 Å². The first-order chi connectivity index (χ1) is 9.33. The summed E-state index contributed by atoms with van der Waals surface area (Å²) in [7, 11) is 0. The number of thiophene rings is 1. The molecule has 2 heterocycles. The Morgan fingerprint density at radius 2 is 2.16 bits per heavy atom. The number of hydrogen-bond donors (Lipinski definition) is 1. The number of nitrogen functional groups attached to an aromatic ring is 1. The van der Waals surface area contributed by atoms with Gasteiger partial charge in [0.25, 0.3) is 0 Å². The van der Waals surface area contributed by atoms with E-state index in [-0.39, 0.29) is 0 Å². The van der Waals surface area contributed by atoms with Crippen molar-refractivity contribution in [3.05, 3.63) is 51.2 Å². The second-order valence-corrected chi connectivity index (χ2v) is 6.60. The van der Waals surface area contributed by atoms with Crippen LogP contribution in [-0.2, 0) is 19.5 Å². The van der Waals surface area contributed by atoms with Crippen molar-refractivity contribution in [2.75, 3.05) is 5.73 Å². The number of fused-ring (bicyclic) bond motifs is 2. The number of hydrogen-bond acceptors (Lipinski definition) is 3. The Kier molecular flexibility index (Phi) is 2.64. The maximum Gasteiger partial charge on any atom is 0.0366 e. The van der Waals surface area contributed by atoms with Gasteiger partial charge < -0.3 is 5.73 Å². The Labute approximate surface area is 117 Å². The molecule has 1 aromatic carbocycles. The van der Waals surface area contributed by atoms with Gasteiger partial charge in [-0.05, 0) is 53.5 Å². The minimum atomic E-state index is 0.599. The van der Waals surface area contributed by atoms with Gasteiger partial charge in [0, 0.05) is 29.7 Å². The van der Waals surface area contributed by atoms with Crippen LogP contribution in [0.4, 0.5) is 5.69 Å². The number of aryl methyl sites for hydroxylation is 1. The fraction of sp³-hybridized carbons (Fsp3) is 0.375. The molecule has 3 heteroatoms. The van der Waals surface area contributed by atoms with E-state index in [0.29, 0.717) is 6.04 Å². The largest absolute Gasteiger partial charge is 0.398 e. The molecule has 1 atom stereocenters. The van der Waals surface area contributed by atoms with Crippen molar-refractivity contribution < 1.29 is 0 Å². The highest BCUT2D eigenvalue weighted by molar-refractivity contribution is 7.10. The van der Waals surface area contributed by atoms with Crippen molar-refractivity contribution in [1.29, 1.82) is 0 Å². The van der Waals surface area contributed by atoms with E-state index in [1.54, 1.807) is 10.4 Å². The summed E-state index contributed by atoms with van der Waals surface area (Å²) in [5.41, 5.74) is 11.4. The summed E-state index contributed by atoms with van der Waals surface area (Å²) in [5, 5.41) is 2.25. The molecule has 0 spiro atoms. The van der Waals surface area contributed by atoms with Gasteiger partial charge in [-0.15, -0.1) is 11.3 Å². The molecule has 98 valence electrons. The maximum atomic E-state index is 6.11. The van der Waals surface area contributed by atoms with Gasteiger partial charge >= 0.3 is 0 Å². The quantitative estimate of drug-likeness (QED) is 0.800. The van der Waals surface area contributed by atoms with E-state index in [9.17, 15) is 0 Å². The summed E-state index contributed by atoms with van der Waals surface area (Å²) < 4.78 is 0. The van der Waals surface area contributed by atoms with Crippen molar-refractivity contribution in [3.8, 4) is 0 Å². The normalized spacial score (nSPS) is 22.2. The Morgan fingerprint density at radius 1 is 1.21 bits per heavy atom. The Balaban J connectivity index is 1.66. The second kappa shape index (κ2) is 4.36. The lowest BCUT2D eigenvalue weighted by Gasteiger charge is -2.31. The highest BCUT2D eigenvalue weighted by Crippen LogP contribution is 2.41. The van der Waals surface area contributed by atoms with Gasteiger partial charge in [-0.3, -0.25) is 4.90 Å². The molecule has 0 fully saturated rings. The van der Waals surface area contributed by atoms with Gasteiger partial charge in [-0.25, -0.2) is 0 Å². The predicted molar refractivity (Wildman–Crippen MR) is 80.1 cm³/mol. The molecule has 0 radical (unpaired) electrons. The molecule has 0 amide bonds. The van der Waals surface area contributed by atoms with E-state index in [0.717, 1.165) is 18.8 Å². The molecular weight excluding hydrogens is 252 g/mol. The molecule has 1 aliphatic heterocycles. The zero-order valence-corrected chi connectivity index (χ0v) is 11.7. The zero-order valence-electron chi connectivity index (χ0n) is 10.9. The van der Waals surface area contributed by atoms with Gasteiger partial charge in [0.05, 0.1) is 0 Å². The van der Waals surface area contributed by atoms with E-state index >= 15 is 0 Å². The lowest BCUT2D eigenvalue weighted by Crippen LogP contribution is -2.26. The van der Waals surface area contributed by atoms with Gasteiger partial charge in [-0.1, -0.05) is 12.1 Å². The first kappa shape index (κ1) is 11.5. The maximum absolute atomic E-state index is 6.11. The van der Waals surface area contributed by atoms with Crippen LogP contribution in [0.1, 0.15) is 40.5 Å². The Hall–Kier alpha value is -1.32. The molecule has 19 heavy (non-hydrogen) atoms. The molecule has 1 unspecified atom stereocenters. The summed E-state index contributed by atoms with van der Waals surface area (Å²) in [6.45, 7) is 2.07. The van der Waals surface area contributed by atoms with Crippen LogP contribution >= 0.6 is 11.3 Å². The number of nitrogens with two attached hydrogens (primary N) is 1. The Morgan fingerprint density at radius 3 is 3.05 bits per heavy atom. The fourth-order valence-corrected chi connectivity index (χ4v) is 4.52. The molecule has 4 rings (SSSR count). The third-order valence-electron chi connectivity index (χ3n) is 4.50. The van der Waals surface area contributed by atoms with Crippen LogP contribution in [0.25, 0.3) is 0 Å². The lowest BCUT2D eigenvalue weighted by molar-refractivity contribution is 0.181. The summed E-state index contributed by atoms with van der Waals surface area (Å²) >= 11 is 1.92. The minimum Gasteiger partial charge on any atom is -0.398 e. The van der Waals surface area contributed by atoms with Crippen molar-refractivity contribution in [2.45, 2.75) is 38.4 Å². The Bertz CT molecular complexity index is 617. The van der Waals surface area contributed by atoms with E-state index in [4.69, 9.17) is 5.73 Å². The molecule has 1 aromatic heterocycles. The first-order valence-electron chi connectivity index (χ1n) is 6.99. The third-order valence-corrected chi connectivity index (χ3v) is 5.50.